The fraction of sp³-hybridized carbons (Fsp3) is 0.400. The Hall–Kier alpha value is -2.05. The molecule has 6 heteroatoms. The largest absolute Gasteiger partial charge is 0.309 e. The highest BCUT2D eigenvalue weighted by Gasteiger charge is 2.23. The van der Waals surface area contributed by atoms with E-state index in [0.717, 1.165) is 34.9 Å². The molecule has 136 valence electrons. The van der Waals surface area contributed by atoms with Gasteiger partial charge in [-0.05, 0) is 36.0 Å². The monoisotopic (exact) mass is 371 g/mol. The van der Waals surface area contributed by atoms with Crippen molar-refractivity contribution in [2.75, 3.05) is 13.1 Å². The Morgan fingerprint density at radius 1 is 1.23 bits per heavy atom. The van der Waals surface area contributed by atoms with Gasteiger partial charge in [-0.25, -0.2) is 9.37 Å². The fourth-order valence-corrected chi connectivity index (χ4v) is 5.01. The van der Waals surface area contributed by atoms with E-state index in [1.807, 2.05) is 5.38 Å². The maximum absolute atomic E-state index is 13.2. The summed E-state index contributed by atoms with van der Waals surface area (Å²) in [6.45, 7) is 7.30. The number of aromatic amines is 1. The number of H-pyrrole nitrogens is 1. The second-order valence-electron chi connectivity index (χ2n) is 7.49. The molecule has 1 fully saturated rings. The van der Waals surface area contributed by atoms with Crippen molar-refractivity contribution in [3.8, 4) is 11.1 Å². The number of aromatic nitrogens is 2. The smallest absolute Gasteiger partial charge is 0.260 e. The average molecular weight is 371 g/mol. The molecule has 0 bridgehead atoms. The third-order valence-corrected chi connectivity index (χ3v) is 5.84. The molecule has 0 unspecified atom stereocenters. The minimum atomic E-state index is -0.285. The van der Waals surface area contributed by atoms with Crippen molar-refractivity contribution < 1.29 is 4.39 Å². The molecule has 3 aromatic rings. The molecule has 1 saturated heterocycles. The number of nitrogens with zero attached hydrogens (tertiary/aromatic N) is 2. The first-order valence-electron chi connectivity index (χ1n) is 8.98. The second kappa shape index (κ2) is 6.93. The van der Waals surface area contributed by atoms with Crippen LogP contribution in [-0.4, -0.2) is 28.0 Å². The van der Waals surface area contributed by atoms with Crippen LogP contribution in [0.1, 0.15) is 26.1 Å². The molecular weight excluding hydrogens is 349 g/mol. The van der Waals surface area contributed by atoms with Gasteiger partial charge in [0.25, 0.3) is 5.56 Å². The number of hydrogen-bond donors (Lipinski definition) is 1. The van der Waals surface area contributed by atoms with Crippen LogP contribution in [0.15, 0.2) is 34.4 Å². The number of benzene rings is 1. The van der Waals surface area contributed by atoms with Gasteiger partial charge >= 0.3 is 0 Å². The lowest BCUT2D eigenvalue weighted by Crippen LogP contribution is -2.38. The summed E-state index contributed by atoms with van der Waals surface area (Å²) in [5.41, 5.74) is 1.52. The minimum absolute atomic E-state index is 0.122. The molecule has 1 aliphatic rings. The van der Waals surface area contributed by atoms with Crippen molar-refractivity contribution in [3.63, 3.8) is 0 Å². The number of rotatable bonds is 3. The molecule has 0 amide bonds. The van der Waals surface area contributed by atoms with E-state index >= 15 is 0 Å². The molecule has 1 N–H and O–H groups in total. The van der Waals surface area contributed by atoms with E-state index in [1.54, 1.807) is 12.1 Å². The molecule has 4 rings (SSSR count). The van der Waals surface area contributed by atoms with Gasteiger partial charge in [-0.2, -0.15) is 0 Å². The van der Waals surface area contributed by atoms with Crippen molar-refractivity contribution in [3.05, 3.63) is 51.6 Å². The van der Waals surface area contributed by atoms with Crippen molar-refractivity contribution in [1.82, 2.24) is 14.9 Å². The van der Waals surface area contributed by atoms with Crippen LogP contribution in [0, 0.1) is 17.7 Å². The van der Waals surface area contributed by atoms with Gasteiger partial charge in [0.2, 0.25) is 0 Å². The van der Waals surface area contributed by atoms with E-state index in [1.165, 1.54) is 29.9 Å². The zero-order valence-electron chi connectivity index (χ0n) is 15.0. The maximum atomic E-state index is 13.2. The van der Waals surface area contributed by atoms with Crippen LogP contribution in [0.25, 0.3) is 21.3 Å². The second-order valence-corrected chi connectivity index (χ2v) is 8.35. The Balaban J connectivity index is 1.66. The first-order chi connectivity index (χ1) is 12.5. The number of nitrogens with one attached hydrogen (secondary N) is 1. The van der Waals surface area contributed by atoms with E-state index in [0.29, 0.717) is 23.8 Å². The molecular formula is C20H22FN3OS. The molecule has 2 atom stereocenters. The summed E-state index contributed by atoms with van der Waals surface area (Å²) in [5.74, 6) is 1.77. The Bertz CT molecular complexity index is 969. The third kappa shape index (κ3) is 3.44. The number of thiophene rings is 1. The summed E-state index contributed by atoms with van der Waals surface area (Å²) >= 11 is 1.46. The predicted octanol–water partition coefficient (Wildman–Crippen LogP) is 4.27. The van der Waals surface area contributed by atoms with E-state index < -0.39 is 0 Å². The molecule has 1 aromatic carbocycles. The summed E-state index contributed by atoms with van der Waals surface area (Å²) < 4.78 is 13.2. The van der Waals surface area contributed by atoms with Crippen LogP contribution < -0.4 is 5.56 Å². The van der Waals surface area contributed by atoms with Crippen LogP contribution in [0.2, 0.25) is 0 Å². The number of likely N-dealkylation sites (tertiary alicyclic amines) is 1. The zero-order chi connectivity index (χ0) is 18.3. The van der Waals surface area contributed by atoms with Crippen molar-refractivity contribution in [2.24, 2.45) is 11.8 Å². The molecule has 0 saturated carbocycles. The quantitative estimate of drug-likeness (QED) is 0.748. The van der Waals surface area contributed by atoms with E-state index in [9.17, 15) is 9.18 Å². The van der Waals surface area contributed by atoms with Crippen LogP contribution >= 0.6 is 11.3 Å². The van der Waals surface area contributed by atoms with Gasteiger partial charge < -0.3 is 4.98 Å². The summed E-state index contributed by atoms with van der Waals surface area (Å²) in [7, 11) is 0. The Labute approximate surface area is 155 Å². The Kier molecular flexibility index (Phi) is 4.63. The Morgan fingerprint density at radius 3 is 2.62 bits per heavy atom. The van der Waals surface area contributed by atoms with Crippen molar-refractivity contribution >= 4 is 21.6 Å². The molecule has 0 aliphatic carbocycles. The van der Waals surface area contributed by atoms with E-state index in [4.69, 9.17) is 4.98 Å². The van der Waals surface area contributed by atoms with E-state index in [-0.39, 0.29) is 11.4 Å². The number of piperidine rings is 1. The zero-order valence-corrected chi connectivity index (χ0v) is 15.8. The lowest BCUT2D eigenvalue weighted by atomic mass is 9.92. The molecule has 3 heterocycles. The topological polar surface area (TPSA) is 49.0 Å². The number of halogens is 1. The van der Waals surface area contributed by atoms with Gasteiger partial charge in [-0.1, -0.05) is 26.0 Å². The van der Waals surface area contributed by atoms with Crippen LogP contribution in [0.4, 0.5) is 4.39 Å². The predicted molar refractivity (Wildman–Crippen MR) is 104 cm³/mol. The van der Waals surface area contributed by atoms with Gasteiger partial charge in [0.1, 0.15) is 16.5 Å². The molecule has 0 radical (unpaired) electrons. The highest BCUT2D eigenvalue weighted by Crippen LogP contribution is 2.31. The SMILES string of the molecule is C[C@H]1C[C@H](C)CN(Cc2nc3scc(-c4ccc(F)cc4)c3c(=O)[nH]2)C1. The fourth-order valence-electron chi connectivity index (χ4n) is 4.04. The van der Waals surface area contributed by atoms with Gasteiger partial charge in [-0.3, -0.25) is 9.69 Å². The maximum Gasteiger partial charge on any atom is 0.260 e. The summed E-state index contributed by atoms with van der Waals surface area (Å²) in [6, 6.07) is 6.21. The highest BCUT2D eigenvalue weighted by atomic mass is 32.1. The third-order valence-electron chi connectivity index (χ3n) is 4.97. The van der Waals surface area contributed by atoms with Crippen LogP contribution in [0.3, 0.4) is 0 Å². The van der Waals surface area contributed by atoms with Crippen molar-refractivity contribution in [2.45, 2.75) is 26.8 Å². The molecule has 26 heavy (non-hydrogen) atoms. The first-order valence-corrected chi connectivity index (χ1v) is 9.86. The molecule has 4 nitrogen and oxygen atoms in total. The van der Waals surface area contributed by atoms with Gasteiger partial charge in [-0.15, -0.1) is 11.3 Å². The summed E-state index contributed by atoms with van der Waals surface area (Å²) in [5, 5.41) is 2.51. The number of fused-ring (bicyclic) bond motifs is 1. The van der Waals surface area contributed by atoms with Crippen LogP contribution in [-0.2, 0) is 6.54 Å². The van der Waals surface area contributed by atoms with Crippen LogP contribution in [0.5, 0.6) is 0 Å². The highest BCUT2D eigenvalue weighted by molar-refractivity contribution is 7.17. The minimum Gasteiger partial charge on any atom is -0.309 e. The first kappa shape index (κ1) is 17.4. The summed E-state index contributed by atoms with van der Waals surface area (Å²) in [4.78, 5) is 23.5. The molecule has 1 aliphatic heterocycles. The number of hydrogen-bond acceptors (Lipinski definition) is 4. The summed E-state index contributed by atoms with van der Waals surface area (Å²) in [6.07, 6.45) is 1.26. The lowest BCUT2D eigenvalue weighted by molar-refractivity contribution is 0.131. The Morgan fingerprint density at radius 2 is 1.92 bits per heavy atom. The average Bonchev–Trinajstić information content (AvgIpc) is 2.99. The standard InChI is InChI=1S/C20H22FN3OS/c1-12-7-13(2)9-24(8-12)10-17-22-19(25)18-16(11-26-20(18)23-17)14-3-5-15(21)6-4-14/h3-6,11-13H,7-10H2,1-2H3,(H,22,23,25)/t12-,13-/m0/s1. The molecule has 0 spiro atoms. The van der Waals surface area contributed by atoms with Crippen molar-refractivity contribution in [1.29, 1.82) is 0 Å². The lowest BCUT2D eigenvalue weighted by Gasteiger charge is -2.34. The van der Waals surface area contributed by atoms with Gasteiger partial charge in [0, 0.05) is 24.0 Å². The van der Waals surface area contributed by atoms with Gasteiger partial charge in [0.15, 0.2) is 0 Å². The molecule has 2 aromatic heterocycles. The normalized spacial score (nSPS) is 21.3. The van der Waals surface area contributed by atoms with E-state index in [2.05, 4.69) is 23.7 Å². The van der Waals surface area contributed by atoms with Gasteiger partial charge in [0.05, 0.1) is 11.9 Å².